The van der Waals surface area contributed by atoms with Gasteiger partial charge in [0.1, 0.15) is 5.15 Å². The zero-order valence-corrected chi connectivity index (χ0v) is 13.1. The van der Waals surface area contributed by atoms with Crippen LogP contribution in [0.3, 0.4) is 0 Å². The summed E-state index contributed by atoms with van der Waals surface area (Å²) in [7, 11) is 0. The van der Waals surface area contributed by atoms with Gasteiger partial charge in [-0.2, -0.15) is 0 Å². The van der Waals surface area contributed by atoms with E-state index in [4.69, 9.17) is 34.8 Å². The van der Waals surface area contributed by atoms with Crippen molar-refractivity contribution in [3.8, 4) is 0 Å². The van der Waals surface area contributed by atoms with Crippen LogP contribution < -0.4 is 0 Å². The first-order chi connectivity index (χ1) is 10.1. The lowest BCUT2D eigenvalue weighted by molar-refractivity contribution is 0.112. The Bertz CT molecular complexity index is 822. The Morgan fingerprint density at radius 3 is 2.38 bits per heavy atom. The van der Waals surface area contributed by atoms with Crippen molar-refractivity contribution >= 4 is 52.0 Å². The maximum Gasteiger partial charge on any atom is 0.153 e. The SMILES string of the molecule is O=Cc1c(Cl)n(Cc2ccc(Cl)cc2)c2cccc(Cl)c12. The normalized spacial score (nSPS) is 11.0. The summed E-state index contributed by atoms with van der Waals surface area (Å²) in [6.07, 6.45) is 0.745. The van der Waals surface area contributed by atoms with Crippen LogP contribution in [0.5, 0.6) is 0 Å². The zero-order chi connectivity index (χ0) is 15.0. The molecule has 0 saturated heterocycles. The highest BCUT2D eigenvalue weighted by Crippen LogP contribution is 2.34. The molecule has 21 heavy (non-hydrogen) atoms. The minimum Gasteiger partial charge on any atom is -0.326 e. The van der Waals surface area contributed by atoms with E-state index in [0.717, 1.165) is 17.4 Å². The smallest absolute Gasteiger partial charge is 0.153 e. The fraction of sp³-hybridized carbons (Fsp3) is 0.0625. The highest BCUT2D eigenvalue weighted by Gasteiger charge is 2.17. The van der Waals surface area contributed by atoms with Crippen LogP contribution in [0, 0.1) is 0 Å². The van der Waals surface area contributed by atoms with Gasteiger partial charge in [-0.15, -0.1) is 0 Å². The minimum absolute atomic E-state index is 0.392. The Balaban J connectivity index is 2.18. The lowest BCUT2D eigenvalue weighted by atomic mass is 10.2. The quantitative estimate of drug-likeness (QED) is 0.581. The summed E-state index contributed by atoms with van der Waals surface area (Å²) in [4.78, 5) is 11.3. The van der Waals surface area contributed by atoms with Gasteiger partial charge in [0.05, 0.1) is 16.1 Å². The van der Waals surface area contributed by atoms with Crippen LogP contribution in [0.2, 0.25) is 15.2 Å². The van der Waals surface area contributed by atoms with Gasteiger partial charge in [-0.1, -0.05) is 53.0 Å². The van der Waals surface area contributed by atoms with Crippen LogP contribution in [-0.4, -0.2) is 10.9 Å². The summed E-state index contributed by atoms with van der Waals surface area (Å²) in [5.41, 5.74) is 2.30. The third kappa shape index (κ3) is 2.55. The Labute approximate surface area is 136 Å². The summed E-state index contributed by atoms with van der Waals surface area (Å²) in [5, 5.41) is 2.28. The number of hydrogen-bond acceptors (Lipinski definition) is 1. The number of carbonyl (C=O) groups excluding carboxylic acids is 1. The summed E-state index contributed by atoms with van der Waals surface area (Å²) in [6.45, 7) is 0.542. The predicted octanol–water partition coefficient (Wildman–Crippen LogP) is 5.46. The lowest BCUT2D eigenvalue weighted by Gasteiger charge is -2.07. The van der Waals surface area contributed by atoms with Crippen molar-refractivity contribution in [2.24, 2.45) is 0 Å². The third-order valence-corrected chi connectivity index (χ3v) is 4.36. The molecule has 0 unspecified atom stereocenters. The summed E-state index contributed by atoms with van der Waals surface area (Å²) in [5.74, 6) is 0. The molecule has 0 fully saturated rings. The summed E-state index contributed by atoms with van der Waals surface area (Å²) >= 11 is 18.4. The van der Waals surface area contributed by atoms with E-state index >= 15 is 0 Å². The van der Waals surface area contributed by atoms with Crippen LogP contribution in [0.4, 0.5) is 0 Å². The standard InChI is InChI=1S/C16H10Cl3NO/c17-11-6-4-10(5-7-11)8-20-14-3-1-2-13(18)15(14)12(9-21)16(20)19/h1-7,9H,8H2. The molecular weight excluding hydrogens is 329 g/mol. The van der Waals surface area contributed by atoms with Crippen LogP contribution in [-0.2, 0) is 6.54 Å². The first-order valence-corrected chi connectivity index (χ1v) is 7.41. The van der Waals surface area contributed by atoms with E-state index in [1.807, 2.05) is 41.0 Å². The van der Waals surface area contributed by atoms with Crippen molar-refractivity contribution in [1.29, 1.82) is 0 Å². The predicted molar refractivity (Wildman–Crippen MR) is 87.9 cm³/mol. The molecule has 0 bridgehead atoms. The zero-order valence-electron chi connectivity index (χ0n) is 10.8. The molecule has 5 heteroatoms. The van der Waals surface area contributed by atoms with E-state index < -0.39 is 0 Å². The summed E-state index contributed by atoms with van der Waals surface area (Å²) in [6, 6.07) is 13.0. The van der Waals surface area contributed by atoms with Gasteiger partial charge in [0, 0.05) is 17.0 Å². The molecule has 3 aromatic rings. The van der Waals surface area contributed by atoms with E-state index in [1.165, 1.54) is 0 Å². The molecule has 1 aromatic heterocycles. The molecular formula is C16H10Cl3NO. The molecule has 2 aromatic carbocycles. The maximum absolute atomic E-state index is 11.3. The Morgan fingerprint density at radius 1 is 1.00 bits per heavy atom. The molecule has 0 aliphatic carbocycles. The Morgan fingerprint density at radius 2 is 1.71 bits per heavy atom. The number of halogens is 3. The molecule has 0 N–H and O–H groups in total. The monoisotopic (exact) mass is 337 g/mol. The molecule has 106 valence electrons. The van der Waals surface area contributed by atoms with Gasteiger partial charge < -0.3 is 4.57 Å². The number of nitrogens with zero attached hydrogens (tertiary/aromatic N) is 1. The van der Waals surface area contributed by atoms with Gasteiger partial charge in [-0.3, -0.25) is 4.79 Å². The van der Waals surface area contributed by atoms with Crippen LogP contribution in [0.15, 0.2) is 42.5 Å². The number of carbonyl (C=O) groups is 1. The van der Waals surface area contributed by atoms with Crippen LogP contribution >= 0.6 is 34.8 Å². The molecule has 3 rings (SSSR count). The molecule has 0 amide bonds. The average Bonchev–Trinajstić information content (AvgIpc) is 2.75. The largest absolute Gasteiger partial charge is 0.326 e. The second-order valence-electron chi connectivity index (χ2n) is 4.67. The van der Waals surface area contributed by atoms with Gasteiger partial charge in [0.15, 0.2) is 6.29 Å². The lowest BCUT2D eigenvalue weighted by Crippen LogP contribution is -1.99. The van der Waals surface area contributed by atoms with Gasteiger partial charge in [-0.05, 0) is 29.8 Å². The molecule has 0 aliphatic heterocycles. The van der Waals surface area contributed by atoms with Crippen molar-refractivity contribution in [3.63, 3.8) is 0 Å². The summed E-state index contributed by atoms with van der Waals surface area (Å²) < 4.78 is 1.87. The maximum atomic E-state index is 11.3. The first kappa shape index (κ1) is 14.5. The number of aldehydes is 1. The van der Waals surface area contributed by atoms with E-state index in [-0.39, 0.29) is 0 Å². The molecule has 1 heterocycles. The Kier molecular flexibility index (Phi) is 3.94. The average molecular weight is 339 g/mol. The van der Waals surface area contributed by atoms with Crippen molar-refractivity contribution < 1.29 is 4.79 Å². The van der Waals surface area contributed by atoms with Crippen LogP contribution in [0.25, 0.3) is 10.9 Å². The molecule has 0 radical (unpaired) electrons. The molecule has 0 saturated carbocycles. The molecule has 0 atom stereocenters. The van der Waals surface area contributed by atoms with Crippen molar-refractivity contribution in [1.82, 2.24) is 4.57 Å². The highest BCUT2D eigenvalue weighted by atomic mass is 35.5. The molecule has 0 spiro atoms. The van der Waals surface area contributed by atoms with Crippen molar-refractivity contribution in [2.45, 2.75) is 6.54 Å². The topological polar surface area (TPSA) is 22.0 Å². The van der Waals surface area contributed by atoms with Gasteiger partial charge in [0.25, 0.3) is 0 Å². The molecule has 0 aliphatic rings. The fourth-order valence-corrected chi connectivity index (χ4v) is 3.08. The van der Waals surface area contributed by atoms with E-state index in [0.29, 0.717) is 32.7 Å². The van der Waals surface area contributed by atoms with E-state index in [2.05, 4.69) is 0 Å². The number of rotatable bonds is 3. The van der Waals surface area contributed by atoms with Gasteiger partial charge in [0.2, 0.25) is 0 Å². The van der Waals surface area contributed by atoms with Crippen LogP contribution in [0.1, 0.15) is 15.9 Å². The second-order valence-corrected chi connectivity index (χ2v) is 5.87. The first-order valence-electron chi connectivity index (χ1n) is 6.27. The van der Waals surface area contributed by atoms with E-state index in [1.54, 1.807) is 6.07 Å². The number of benzene rings is 2. The highest BCUT2D eigenvalue weighted by molar-refractivity contribution is 6.39. The minimum atomic E-state index is 0.392. The Hall–Kier alpha value is -1.48. The van der Waals surface area contributed by atoms with E-state index in [9.17, 15) is 4.79 Å². The van der Waals surface area contributed by atoms with Gasteiger partial charge in [-0.25, -0.2) is 0 Å². The number of fused-ring (bicyclic) bond motifs is 1. The van der Waals surface area contributed by atoms with Gasteiger partial charge >= 0.3 is 0 Å². The second kappa shape index (κ2) is 5.72. The van der Waals surface area contributed by atoms with Crippen molar-refractivity contribution in [2.75, 3.05) is 0 Å². The third-order valence-electron chi connectivity index (χ3n) is 3.38. The number of aromatic nitrogens is 1. The number of hydrogen-bond donors (Lipinski definition) is 0. The van der Waals surface area contributed by atoms with Crippen molar-refractivity contribution in [3.05, 3.63) is 68.8 Å². The molecule has 2 nitrogen and oxygen atoms in total. The fourth-order valence-electron chi connectivity index (χ4n) is 2.39.